The molecule has 7 nitrogen and oxygen atoms in total. The first-order valence-corrected chi connectivity index (χ1v) is 10.5. The fraction of sp³-hybridized carbons (Fsp3) is 0.667. The molecule has 1 aromatic rings. The summed E-state index contributed by atoms with van der Waals surface area (Å²) in [6, 6.07) is 4.07. The average molecular weight is 391 g/mol. The molecular formula is C21H38N6O. The van der Waals surface area contributed by atoms with Crippen molar-refractivity contribution in [3.05, 3.63) is 23.9 Å². The molecule has 1 unspecified atom stereocenters. The van der Waals surface area contributed by atoms with Crippen molar-refractivity contribution in [2.24, 2.45) is 4.99 Å². The first-order valence-electron chi connectivity index (χ1n) is 10.5. The molecule has 0 saturated heterocycles. The Morgan fingerprint density at radius 3 is 2.61 bits per heavy atom. The SMILES string of the molecule is CCNC(=NCCC(=O)Nc1ccc(C)cn1)NC(C)CCCN(CC)CC. The number of hydrogen-bond acceptors (Lipinski definition) is 4. The third-order valence-electron chi connectivity index (χ3n) is 4.52. The number of guanidine groups is 1. The number of pyridine rings is 1. The molecule has 0 bridgehead atoms. The highest BCUT2D eigenvalue weighted by Gasteiger charge is 2.07. The maximum Gasteiger partial charge on any atom is 0.227 e. The maximum atomic E-state index is 12.1. The Bertz CT molecular complexity index is 583. The van der Waals surface area contributed by atoms with Crippen molar-refractivity contribution < 1.29 is 4.79 Å². The fourth-order valence-corrected chi connectivity index (χ4v) is 2.80. The summed E-state index contributed by atoms with van der Waals surface area (Å²) in [7, 11) is 0. The Morgan fingerprint density at radius 2 is 2.00 bits per heavy atom. The summed E-state index contributed by atoms with van der Waals surface area (Å²) >= 11 is 0. The van der Waals surface area contributed by atoms with Crippen LogP contribution < -0.4 is 16.0 Å². The van der Waals surface area contributed by atoms with Gasteiger partial charge in [-0.2, -0.15) is 0 Å². The van der Waals surface area contributed by atoms with Crippen molar-refractivity contribution >= 4 is 17.7 Å². The summed E-state index contributed by atoms with van der Waals surface area (Å²) in [4.78, 5) is 23.2. The second-order valence-corrected chi connectivity index (χ2v) is 6.99. The monoisotopic (exact) mass is 390 g/mol. The van der Waals surface area contributed by atoms with E-state index < -0.39 is 0 Å². The van der Waals surface area contributed by atoms with Gasteiger partial charge in [0, 0.05) is 25.2 Å². The van der Waals surface area contributed by atoms with E-state index >= 15 is 0 Å². The molecule has 1 aromatic heterocycles. The van der Waals surface area contributed by atoms with Crippen LogP contribution in [0.25, 0.3) is 0 Å². The molecule has 0 saturated carbocycles. The van der Waals surface area contributed by atoms with E-state index in [-0.39, 0.29) is 5.91 Å². The van der Waals surface area contributed by atoms with Gasteiger partial charge in [-0.3, -0.25) is 9.79 Å². The number of carbonyl (C=O) groups excluding carboxylic acids is 1. The van der Waals surface area contributed by atoms with E-state index in [0.717, 1.165) is 50.5 Å². The highest BCUT2D eigenvalue weighted by Crippen LogP contribution is 2.04. The Balaban J connectivity index is 2.39. The highest BCUT2D eigenvalue weighted by atomic mass is 16.1. The molecule has 3 N–H and O–H groups in total. The van der Waals surface area contributed by atoms with E-state index in [2.05, 4.69) is 51.6 Å². The number of nitrogens with zero attached hydrogens (tertiary/aromatic N) is 3. The molecule has 0 aliphatic rings. The van der Waals surface area contributed by atoms with Gasteiger partial charge in [0.15, 0.2) is 5.96 Å². The Hall–Kier alpha value is -2.15. The van der Waals surface area contributed by atoms with Crippen LogP contribution in [0.3, 0.4) is 0 Å². The molecular weight excluding hydrogens is 352 g/mol. The summed E-state index contributed by atoms with van der Waals surface area (Å²) in [5, 5.41) is 9.48. The van der Waals surface area contributed by atoms with E-state index in [9.17, 15) is 4.79 Å². The predicted octanol–water partition coefficient (Wildman–Crippen LogP) is 2.78. The van der Waals surface area contributed by atoms with Crippen molar-refractivity contribution in [2.45, 2.75) is 59.9 Å². The lowest BCUT2D eigenvalue weighted by atomic mass is 10.2. The average Bonchev–Trinajstić information content (AvgIpc) is 2.67. The van der Waals surface area contributed by atoms with Crippen molar-refractivity contribution in [3.63, 3.8) is 0 Å². The number of aromatic nitrogens is 1. The Kier molecular flexibility index (Phi) is 11.9. The smallest absolute Gasteiger partial charge is 0.227 e. The van der Waals surface area contributed by atoms with E-state index in [4.69, 9.17) is 0 Å². The molecule has 1 amide bonds. The van der Waals surface area contributed by atoms with Crippen LogP contribution in [0, 0.1) is 6.92 Å². The summed E-state index contributed by atoms with van der Waals surface area (Å²) in [5.74, 6) is 1.26. The summed E-state index contributed by atoms with van der Waals surface area (Å²) < 4.78 is 0. The summed E-state index contributed by atoms with van der Waals surface area (Å²) in [6.07, 6.45) is 4.30. The van der Waals surface area contributed by atoms with Crippen LogP contribution in [0.4, 0.5) is 5.82 Å². The Labute approximate surface area is 170 Å². The zero-order valence-electron chi connectivity index (χ0n) is 18.2. The van der Waals surface area contributed by atoms with Gasteiger partial charge >= 0.3 is 0 Å². The third-order valence-corrected chi connectivity index (χ3v) is 4.52. The molecule has 0 aliphatic carbocycles. The molecule has 28 heavy (non-hydrogen) atoms. The normalized spacial score (nSPS) is 12.7. The lowest BCUT2D eigenvalue weighted by Crippen LogP contribution is -2.42. The van der Waals surface area contributed by atoms with Crippen molar-refractivity contribution in [2.75, 3.05) is 38.0 Å². The first-order chi connectivity index (χ1) is 13.5. The van der Waals surface area contributed by atoms with Crippen molar-refractivity contribution in [1.82, 2.24) is 20.5 Å². The van der Waals surface area contributed by atoms with E-state index in [1.54, 1.807) is 6.20 Å². The van der Waals surface area contributed by atoms with Crippen LogP contribution in [0.2, 0.25) is 0 Å². The number of hydrogen-bond donors (Lipinski definition) is 3. The number of aliphatic imine (C=N–C) groups is 1. The molecule has 0 fully saturated rings. The van der Waals surface area contributed by atoms with Gasteiger partial charge in [-0.05, 0) is 64.9 Å². The summed E-state index contributed by atoms with van der Waals surface area (Å²) in [5.41, 5.74) is 1.06. The van der Waals surface area contributed by atoms with E-state index in [0.29, 0.717) is 24.8 Å². The van der Waals surface area contributed by atoms with Crippen LogP contribution >= 0.6 is 0 Å². The molecule has 158 valence electrons. The lowest BCUT2D eigenvalue weighted by Gasteiger charge is -2.21. The van der Waals surface area contributed by atoms with Crippen LogP contribution in [0.15, 0.2) is 23.3 Å². The molecule has 1 rings (SSSR count). The van der Waals surface area contributed by atoms with Gasteiger partial charge in [-0.15, -0.1) is 0 Å². The topological polar surface area (TPSA) is 81.6 Å². The second kappa shape index (κ2) is 13.9. The molecule has 1 heterocycles. The number of anilines is 1. The predicted molar refractivity (Wildman–Crippen MR) is 118 cm³/mol. The minimum absolute atomic E-state index is 0.0803. The van der Waals surface area contributed by atoms with Gasteiger partial charge in [0.25, 0.3) is 0 Å². The molecule has 0 radical (unpaired) electrons. The van der Waals surface area contributed by atoms with E-state index in [1.165, 1.54) is 0 Å². The van der Waals surface area contributed by atoms with Crippen molar-refractivity contribution in [3.8, 4) is 0 Å². The largest absolute Gasteiger partial charge is 0.357 e. The van der Waals surface area contributed by atoms with Crippen LogP contribution in [-0.2, 0) is 4.79 Å². The minimum atomic E-state index is -0.0803. The van der Waals surface area contributed by atoms with Gasteiger partial charge in [0.2, 0.25) is 5.91 Å². The number of amides is 1. The number of aryl methyl sites for hydroxylation is 1. The van der Waals surface area contributed by atoms with Crippen LogP contribution in [-0.4, -0.2) is 60.5 Å². The third kappa shape index (κ3) is 10.3. The molecule has 1 atom stereocenters. The standard InChI is InChI=1S/C21H38N6O/c1-6-22-21(25-18(5)10-9-15-27(7-2)8-3)23-14-13-20(28)26-19-12-11-17(4)16-24-19/h11-12,16,18H,6-10,13-15H2,1-5H3,(H2,22,23,25)(H,24,26,28). The van der Waals surface area contributed by atoms with Crippen LogP contribution in [0.1, 0.15) is 52.5 Å². The lowest BCUT2D eigenvalue weighted by molar-refractivity contribution is -0.116. The quantitative estimate of drug-likeness (QED) is 0.378. The summed E-state index contributed by atoms with van der Waals surface area (Å²) in [6.45, 7) is 15.1. The Morgan fingerprint density at radius 1 is 1.25 bits per heavy atom. The molecule has 0 aromatic carbocycles. The number of carbonyl (C=O) groups is 1. The fourth-order valence-electron chi connectivity index (χ4n) is 2.80. The van der Waals surface area contributed by atoms with Crippen molar-refractivity contribution in [1.29, 1.82) is 0 Å². The van der Waals surface area contributed by atoms with Gasteiger partial charge in [-0.1, -0.05) is 19.9 Å². The van der Waals surface area contributed by atoms with Gasteiger partial charge in [0.05, 0.1) is 6.54 Å². The molecule has 7 heteroatoms. The minimum Gasteiger partial charge on any atom is -0.357 e. The van der Waals surface area contributed by atoms with E-state index in [1.807, 2.05) is 26.0 Å². The van der Waals surface area contributed by atoms with Gasteiger partial charge < -0.3 is 20.9 Å². The van der Waals surface area contributed by atoms with Gasteiger partial charge in [0.1, 0.15) is 5.82 Å². The first kappa shape index (κ1) is 23.9. The molecule has 0 spiro atoms. The zero-order chi connectivity index (χ0) is 20.8. The second-order valence-electron chi connectivity index (χ2n) is 6.99. The maximum absolute atomic E-state index is 12.1. The molecule has 0 aliphatic heterocycles. The number of rotatable bonds is 12. The highest BCUT2D eigenvalue weighted by molar-refractivity contribution is 5.90. The zero-order valence-corrected chi connectivity index (χ0v) is 18.2. The number of nitrogens with one attached hydrogen (secondary N) is 3. The van der Waals surface area contributed by atoms with Gasteiger partial charge in [-0.25, -0.2) is 4.98 Å². The van der Waals surface area contributed by atoms with Crippen LogP contribution in [0.5, 0.6) is 0 Å².